The third-order valence-corrected chi connectivity index (χ3v) is 4.91. The summed E-state index contributed by atoms with van der Waals surface area (Å²) in [7, 11) is 0. The maximum absolute atomic E-state index is 3.59. The van der Waals surface area contributed by atoms with Gasteiger partial charge in [-0.2, -0.15) is 0 Å². The van der Waals surface area contributed by atoms with Crippen LogP contribution < -0.4 is 5.32 Å². The van der Waals surface area contributed by atoms with E-state index in [4.69, 9.17) is 0 Å². The van der Waals surface area contributed by atoms with Gasteiger partial charge >= 0.3 is 0 Å². The average molecular weight is 266 g/mol. The molecule has 1 nitrogen and oxygen atoms in total. The molecule has 0 unspecified atom stereocenters. The van der Waals surface area contributed by atoms with Gasteiger partial charge in [0.05, 0.1) is 0 Å². The highest BCUT2D eigenvalue weighted by atomic mass is 35.5. The van der Waals surface area contributed by atoms with Gasteiger partial charge in [0.25, 0.3) is 0 Å². The highest BCUT2D eigenvalue weighted by Gasteiger charge is 2.43. The Morgan fingerprint density at radius 1 is 1.33 bits per heavy atom. The van der Waals surface area contributed by atoms with E-state index in [0.717, 1.165) is 5.92 Å². The lowest BCUT2D eigenvalue weighted by Gasteiger charge is -2.38. The first-order valence-corrected chi connectivity index (χ1v) is 6.94. The first kappa shape index (κ1) is 13.9. The van der Waals surface area contributed by atoms with Gasteiger partial charge in [-0.15, -0.1) is 12.4 Å². The van der Waals surface area contributed by atoms with Crippen molar-refractivity contribution in [3.63, 3.8) is 0 Å². The highest BCUT2D eigenvalue weighted by molar-refractivity contribution is 5.85. The first-order chi connectivity index (χ1) is 8.12. The van der Waals surface area contributed by atoms with Crippen LogP contribution in [0.25, 0.3) is 0 Å². The number of halogens is 1. The molecule has 0 spiro atoms. The van der Waals surface area contributed by atoms with Crippen LogP contribution in [0.3, 0.4) is 0 Å². The smallest absolute Gasteiger partial charge is 0.00323 e. The third-order valence-electron chi connectivity index (χ3n) is 4.91. The Morgan fingerprint density at radius 2 is 2.11 bits per heavy atom. The number of fused-ring (bicyclic) bond motifs is 3. The summed E-state index contributed by atoms with van der Waals surface area (Å²) in [6, 6.07) is 6.96. The minimum absolute atomic E-state index is 0. The van der Waals surface area contributed by atoms with Gasteiger partial charge in [-0.25, -0.2) is 0 Å². The highest BCUT2D eigenvalue weighted by Crippen LogP contribution is 2.48. The van der Waals surface area contributed by atoms with E-state index in [1.165, 1.54) is 25.9 Å². The molecule has 1 aliphatic carbocycles. The molecule has 0 bridgehead atoms. The Morgan fingerprint density at radius 3 is 2.83 bits per heavy atom. The van der Waals surface area contributed by atoms with Crippen LogP contribution in [0.15, 0.2) is 18.2 Å². The van der Waals surface area contributed by atoms with Crippen LogP contribution in [-0.4, -0.2) is 13.1 Å². The number of rotatable bonds is 1. The molecule has 18 heavy (non-hydrogen) atoms. The Hall–Kier alpha value is -0.530. The number of hydrogen-bond donors (Lipinski definition) is 1. The molecule has 2 heteroatoms. The van der Waals surface area contributed by atoms with Gasteiger partial charge in [0, 0.05) is 19.0 Å². The second kappa shape index (κ2) is 4.86. The number of benzene rings is 1. The Kier molecular flexibility index (Phi) is 3.75. The monoisotopic (exact) mass is 265 g/mol. The summed E-state index contributed by atoms with van der Waals surface area (Å²) in [6.07, 6.45) is 2.62. The van der Waals surface area contributed by atoms with E-state index in [1.54, 1.807) is 16.7 Å². The summed E-state index contributed by atoms with van der Waals surface area (Å²) in [5.74, 6) is 1.40. The van der Waals surface area contributed by atoms with Crippen molar-refractivity contribution in [2.24, 2.45) is 5.41 Å². The van der Waals surface area contributed by atoms with E-state index in [-0.39, 0.29) is 12.4 Å². The van der Waals surface area contributed by atoms with Gasteiger partial charge in [0.2, 0.25) is 0 Å². The van der Waals surface area contributed by atoms with Crippen molar-refractivity contribution in [3.05, 3.63) is 34.9 Å². The van der Waals surface area contributed by atoms with E-state index in [9.17, 15) is 0 Å². The van der Waals surface area contributed by atoms with E-state index >= 15 is 0 Å². The van der Waals surface area contributed by atoms with Crippen molar-refractivity contribution in [1.29, 1.82) is 0 Å². The molecule has 1 aromatic rings. The molecule has 2 atom stereocenters. The maximum Gasteiger partial charge on any atom is 0.00323 e. The van der Waals surface area contributed by atoms with Crippen LogP contribution in [-0.2, 0) is 6.42 Å². The third kappa shape index (κ3) is 1.98. The molecule has 0 radical (unpaired) electrons. The quantitative estimate of drug-likeness (QED) is 0.813. The molecular formula is C16H24ClN. The molecule has 1 saturated heterocycles. The predicted molar refractivity (Wildman–Crippen MR) is 79.8 cm³/mol. The van der Waals surface area contributed by atoms with Gasteiger partial charge in [-0.05, 0) is 40.9 Å². The van der Waals surface area contributed by atoms with Crippen molar-refractivity contribution in [2.75, 3.05) is 13.1 Å². The molecular weight excluding hydrogens is 242 g/mol. The molecule has 0 amide bonds. The average Bonchev–Trinajstić information content (AvgIpc) is 2.70. The van der Waals surface area contributed by atoms with Gasteiger partial charge in [-0.3, -0.25) is 0 Å². The standard InChI is InChI=1S/C16H23N.ClH/c1-11(2)12-5-4-6-14-13(12)7-8-16(3)10-17-9-15(14)16;/h4-6,11,15,17H,7-10H2,1-3H3;1H/t15-,16+;/m0./s1. The number of nitrogens with one attached hydrogen (secondary N) is 1. The Labute approximate surface area is 117 Å². The largest absolute Gasteiger partial charge is 0.316 e. The summed E-state index contributed by atoms with van der Waals surface area (Å²) in [4.78, 5) is 0. The van der Waals surface area contributed by atoms with Crippen molar-refractivity contribution in [2.45, 2.75) is 45.4 Å². The zero-order chi connectivity index (χ0) is 12.0. The summed E-state index contributed by atoms with van der Waals surface area (Å²) in [5.41, 5.74) is 5.38. The van der Waals surface area contributed by atoms with E-state index in [2.05, 4.69) is 44.3 Å². The lowest BCUT2D eigenvalue weighted by molar-refractivity contribution is 0.276. The second-order valence-corrected chi connectivity index (χ2v) is 6.41. The van der Waals surface area contributed by atoms with E-state index in [1.807, 2.05) is 0 Å². The molecule has 1 heterocycles. The van der Waals surface area contributed by atoms with Crippen LogP contribution in [0, 0.1) is 5.41 Å². The first-order valence-electron chi connectivity index (χ1n) is 6.94. The van der Waals surface area contributed by atoms with Gasteiger partial charge in [-0.1, -0.05) is 39.0 Å². The minimum Gasteiger partial charge on any atom is -0.316 e. The molecule has 2 aliphatic rings. The Balaban J connectivity index is 0.00000120. The molecule has 0 saturated carbocycles. The maximum atomic E-state index is 3.59. The summed E-state index contributed by atoms with van der Waals surface area (Å²) < 4.78 is 0. The molecule has 1 aromatic carbocycles. The lowest BCUT2D eigenvalue weighted by Crippen LogP contribution is -2.30. The second-order valence-electron chi connectivity index (χ2n) is 6.41. The fraction of sp³-hybridized carbons (Fsp3) is 0.625. The fourth-order valence-corrected chi connectivity index (χ4v) is 3.81. The zero-order valence-electron chi connectivity index (χ0n) is 11.6. The van der Waals surface area contributed by atoms with Gasteiger partial charge < -0.3 is 5.32 Å². The topological polar surface area (TPSA) is 12.0 Å². The van der Waals surface area contributed by atoms with Gasteiger partial charge in [0.1, 0.15) is 0 Å². The zero-order valence-corrected chi connectivity index (χ0v) is 12.4. The van der Waals surface area contributed by atoms with Crippen LogP contribution in [0.5, 0.6) is 0 Å². The lowest BCUT2D eigenvalue weighted by atomic mass is 9.66. The van der Waals surface area contributed by atoms with Crippen LogP contribution in [0.1, 0.15) is 55.7 Å². The van der Waals surface area contributed by atoms with Crippen molar-refractivity contribution >= 4 is 12.4 Å². The summed E-state index contributed by atoms with van der Waals surface area (Å²) in [6.45, 7) is 9.46. The van der Waals surface area contributed by atoms with Crippen LogP contribution in [0.4, 0.5) is 0 Å². The van der Waals surface area contributed by atoms with E-state index < -0.39 is 0 Å². The van der Waals surface area contributed by atoms with Crippen molar-refractivity contribution in [3.8, 4) is 0 Å². The molecule has 100 valence electrons. The van der Waals surface area contributed by atoms with Crippen LogP contribution >= 0.6 is 12.4 Å². The molecule has 1 fully saturated rings. The van der Waals surface area contributed by atoms with Crippen molar-refractivity contribution in [1.82, 2.24) is 5.32 Å². The SMILES string of the molecule is CC(C)c1cccc2c1CC[C@]1(C)CNC[C@@H]21.Cl. The summed E-state index contributed by atoms with van der Waals surface area (Å²) >= 11 is 0. The minimum atomic E-state index is 0. The summed E-state index contributed by atoms with van der Waals surface area (Å²) in [5, 5.41) is 3.59. The molecule has 0 aromatic heterocycles. The van der Waals surface area contributed by atoms with E-state index in [0.29, 0.717) is 11.3 Å². The fourth-order valence-electron chi connectivity index (χ4n) is 3.81. The molecule has 1 aliphatic heterocycles. The normalized spacial score (nSPS) is 29.7. The molecule has 1 N–H and O–H groups in total. The van der Waals surface area contributed by atoms with Crippen molar-refractivity contribution < 1.29 is 0 Å². The Bertz CT molecular complexity index is 441. The van der Waals surface area contributed by atoms with Crippen LogP contribution in [0.2, 0.25) is 0 Å². The molecule has 3 rings (SSSR count). The number of hydrogen-bond acceptors (Lipinski definition) is 1. The predicted octanol–water partition coefficient (Wildman–Crippen LogP) is 3.87. The van der Waals surface area contributed by atoms with Gasteiger partial charge in [0.15, 0.2) is 0 Å².